The van der Waals surface area contributed by atoms with Gasteiger partial charge in [-0.2, -0.15) is 0 Å². The van der Waals surface area contributed by atoms with Gasteiger partial charge in [-0.15, -0.1) is 0 Å². The Kier molecular flexibility index (Phi) is 25.9. The molecule has 0 aromatic heterocycles. The fraction of sp³-hybridized carbons (Fsp3) is 1.00. The molecule has 0 fully saturated rings. The van der Waals surface area contributed by atoms with Crippen LogP contribution in [0.15, 0.2) is 0 Å². The lowest BCUT2D eigenvalue weighted by molar-refractivity contribution is -0.910. The first-order chi connectivity index (χ1) is 13.2. The van der Waals surface area contributed by atoms with E-state index >= 15 is 0 Å². The Bertz CT molecular complexity index is 266. The Morgan fingerprint density at radius 2 is 0.750 bits per heavy atom. The number of rotatable bonds is 22. The van der Waals surface area contributed by atoms with Gasteiger partial charge in [0.1, 0.15) is 0 Å². The van der Waals surface area contributed by atoms with Gasteiger partial charge in [-0.05, 0) is 38.5 Å². The van der Waals surface area contributed by atoms with Crippen LogP contribution in [-0.2, 0) is 0 Å². The molecule has 0 bridgehead atoms. The zero-order valence-corrected chi connectivity index (χ0v) is 21.4. The van der Waals surface area contributed by atoms with Gasteiger partial charge >= 0.3 is 0 Å². The van der Waals surface area contributed by atoms with Crippen molar-refractivity contribution in [3.8, 4) is 0 Å². The number of hydrogen-bond donors (Lipinski definition) is 1. The molecule has 0 atom stereocenters. The van der Waals surface area contributed by atoms with E-state index in [-0.39, 0.29) is 17.0 Å². The summed E-state index contributed by atoms with van der Waals surface area (Å²) in [4.78, 5) is 0. The summed E-state index contributed by atoms with van der Waals surface area (Å²) in [7, 11) is 2.47. The zero-order chi connectivity index (χ0) is 20.1. The highest BCUT2D eigenvalue weighted by Gasteiger charge is 2.20. The van der Waals surface area contributed by atoms with Gasteiger partial charge in [0, 0.05) is 6.61 Å². The van der Waals surface area contributed by atoms with Gasteiger partial charge in [0.05, 0.1) is 26.7 Å². The smallest absolute Gasteiger partial charge is 0.0785 e. The van der Waals surface area contributed by atoms with Crippen molar-refractivity contribution < 1.29 is 26.6 Å². The van der Waals surface area contributed by atoms with Crippen molar-refractivity contribution in [1.82, 2.24) is 0 Å². The quantitative estimate of drug-likeness (QED) is 0.185. The third-order valence-corrected chi connectivity index (χ3v) is 6.21. The topological polar surface area (TPSA) is 20.2 Å². The van der Waals surface area contributed by atoms with E-state index < -0.39 is 0 Å². The van der Waals surface area contributed by atoms with Gasteiger partial charge in [0.2, 0.25) is 0 Å². The monoisotopic (exact) mass is 463 g/mol. The summed E-state index contributed by atoms with van der Waals surface area (Å²) in [6, 6.07) is 0. The molecule has 0 unspecified atom stereocenters. The molecule has 0 saturated carbocycles. The van der Waals surface area contributed by atoms with Crippen molar-refractivity contribution >= 4 is 0 Å². The average molecular weight is 465 g/mol. The normalized spacial score (nSPS) is 11.6. The minimum absolute atomic E-state index is 0. The first kappa shape index (κ1) is 30.6. The van der Waals surface area contributed by atoms with E-state index in [9.17, 15) is 0 Å². The molecule has 0 aromatic carbocycles. The fourth-order valence-electron chi connectivity index (χ4n) is 4.20. The summed E-state index contributed by atoms with van der Waals surface area (Å²) in [5.74, 6) is 0. The lowest BCUT2D eigenvalue weighted by atomic mass is 10.1. The Labute approximate surface area is 189 Å². The number of aliphatic hydroxyl groups excluding tert-OH is 1. The van der Waals surface area contributed by atoms with Crippen LogP contribution in [0.5, 0.6) is 0 Å². The Morgan fingerprint density at radius 1 is 0.464 bits per heavy atom. The lowest BCUT2D eigenvalue weighted by Gasteiger charge is -2.35. The fourth-order valence-corrected chi connectivity index (χ4v) is 4.20. The lowest BCUT2D eigenvalue weighted by Crippen LogP contribution is -3.00. The van der Waals surface area contributed by atoms with E-state index in [2.05, 4.69) is 20.9 Å². The largest absolute Gasteiger partial charge is 1.00 e. The Hall–Kier alpha value is 0.400. The molecule has 0 aliphatic rings. The summed E-state index contributed by atoms with van der Waals surface area (Å²) < 4.78 is 1.24. The van der Waals surface area contributed by atoms with Gasteiger partial charge in [-0.1, -0.05) is 90.9 Å². The molecular weight excluding hydrogens is 410 g/mol. The maximum Gasteiger partial charge on any atom is 0.0785 e. The number of nitrogens with zero attached hydrogens (tertiary/aromatic N) is 1. The highest BCUT2D eigenvalue weighted by molar-refractivity contribution is 4.51. The number of quaternary nitrogens is 1. The molecule has 0 saturated heterocycles. The third-order valence-electron chi connectivity index (χ3n) is 6.21. The molecule has 0 aliphatic heterocycles. The number of hydrogen-bond acceptors (Lipinski definition) is 1. The van der Waals surface area contributed by atoms with Crippen LogP contribution in [0.4, 0.5) is 0 Å². The van der Waals surface area contributed by atoms with E-state index in [1.54, 1.807) is 0 Å². The first-order valence-electron chi connectivity index (χ1n) is 12.6. The summed E-state index contributed by atoms with van der Waals surface area (Å²) in [5.41, 5.74) is 0. The first-order valence-corrected chi connectivity index (χ1v) is 12.6. The summed E-state index contributed by atoms with van der Waals surface area (Å²) in [5, 5.41) is 9.13. The highest BCUT2D eigenvalue weighted by atomic mass is 79.9. The molecule has 28 heavy (non-hydrogen) atoms. The summed E-state index contributed by atoms with van der Waals surface area (Å²) >= 11 is 0. The van der Waals surface area contributed by atoms with Crippen LogP contribution in [0.25, 0.3) is 0 Å². The molecule has 3 heteroatoms. The van der Waals surface area contributed by atoms with Crippen molar-refractivity contribution in [2.45, 2.75) is 129 Å². The summed E-state index contributed by atoms with van der Waals surface area (Å²) in [6.45, 7) is 8.89. The minimum atomic E-state index is 0. The second-order valence-electron chi connectivity index (χ2n) is 9.17. The van der Waals surface area contributed by atoms with Crippen LogP contribution in [0.3, 0.4) is 0 Å². The second kappa shape index (κ2) is 23.7. The average Bonchev–Trinajstić information content (AvgIpc) is 2.66. The molecule has 0 rings (SSSR count). The predicted molar refractivity (Wildman–Crippen MR) is 122 cm³/mol. The molecule has 0 aliphatic carbocycles. The van der Waals surface area contributed by atoms with E-state index in [0.29, 0.717) is 6.61 Å². The maximum atomic E-state index is 9.13. The van der Waals surface area contributed by atoms with Crippen LogP contribution in [0, 0.1) is 0 Å². The molecule has 172 valence electrons. The minimum Gasteiger partial charge on any atom is -1.00 e. The van der Waals surface area contributed by atoms with Gasteiger partial charge in [-0.25, -0.2) is 0 Å². The van der Waals surface area contributed by atoms with Crippen molar-refractivity contribution in [2.24, 2.45) is 0 Å². The van der Waals surface area contributed by atoms with Crippen LogP contribution < -0.4 is 17.0 Å². The van der Waals surface area contributed by atoms with Crippen LogP contribution in [0.1, 0.15) is 129 Å². The molecule has 0 amide bonds. The molecule has 2 nitrogen and oxygen atoms in total. The molecular formula is C25H54BrNO. The predicted octanol–water partition coefficient (Wildman–Crippen LogP) is 4.49. The summed E-state index contributed by atoms with van der Waals surface area (Å²) in [6.07, 6.45) is 24.8. The van der Waals surface area contributed by atoms with Gasteiger partial charge in [-0.3, -0.25) is 0 Å². The van der Waals surface area contributed by atoms with Crippen molar-refractivity contribution in [3.05, 3.63) is 0 Å². The van der Waals surface area contributed by atoms with E-state index in [4.69, 9.17) is 5.11 Å². The molecule has 0 radical (unpaired) electrons. The Morgan fingerprint density at radius 3 is 1.07 bits per heavy atom. The SMILES string of the molecule is CCCCCCCCCC[N+](C)(CCCCO)CCCCCCCCCC.[Br-]. The Balaban J connectivity index is 0. The molecule has 1 N–H and O–H groups in total. The highest BCUT2D eigenvalue weighted by Crippen LogP contribution is 2.15. The van der Waals surface area contributed by atoms with E-state index in [1.807, 2.05) is 0 Å². The van der Waals surface area contributed by atoms with Crippen LogP contribution in [-0.4, -0.2) is 42.9 Å². The molecule has 0 spiro atoms. The van der Waals surface area contributed by atoms with E-state index in [0.717, 1.165) is 6.42 Å². The number of halogens is 1. The third kappa shape index (κ3) is 21.1. The van der Waals surface area contributed by atoms with Gasteiger partial charge in [0.25, 0.3) is 0 Å². The number of unbranched alkanes of at least 4 members (excludes halogenated alkanes) is 15. The van der Waals surface area contributed by atoms with Gasteiger partial charge < -0.3 is 26.6 Å². The standard InChI is InChI=1S/C25H54NO.BrH/c1-4-6-8-10-12-14-16-18-22-26(3,24-20-21-25-27)23-19-17-15-13-11-9-7-5-2;/h27H,4-25H2,1-3H3;1H/q+1;/p-1. The van der Waals surface area contributed by atoms with E-state index in [1.165, 1.54) is 133 Å². The van der Waals surface area contributed by atoms with Gasteiger partial charge in [0.15, 0.2) is 0 Å². The zero-order valence-electron chi connectivity index (χ0n) is 19.8. The van der Waals surface area contributed by atoms with Crippen molar-refractivity contribution in [3.63, 3.8) is 0 Å². The molecule has 0 aromatic rings. The van der Waals surface area contributed by atoms with Crippen molar-refractivity contribution in [1.29, 1.82) is 0 Å². The van der Waals surface area contributed by atoms with Crippen LogP contribution >= 0.6 is 0 Å². The van der Waals surface area contributed by atoms with Crippen LogP contribution in [0.2, 0.25) is 0 Å². The molecule has 0 heterocycles. The van der Waals surface area contributed by atoms with Crippen molar-refractivity contribution in [2.75, 3.05) is 33.3 Å². The number of aliphatic hydroxyl groups is 1. The second-order valence-corrected chi connectivity index (χ2v) is 9.17. The maximum absolute atomic E-state index is 9.13.